The van der Waals surface area contributed by atoms with Gasteiger partial charge in [0.2, 0.25) is 5.91 Å². The van der Waals surface area contributed by atoms with E-state index < -0.39 is 0 Å². The predicted octanol–water partition coefficient (Wildman–Crippen LogP) is 4.03. The Morgan fingerprint density at radius 2 is 1.96 bits per heavy atom. The fourth-order valence-corrected chi connectivity index (χ4v) is 4.79. The quantitative estimate of drug-likeness (QED) is 0.801. The summed E-state index contributed by atoms with van der Waals surface area (Å²) in [7, 11) is 2.14. The third-order valence-corrected chi connectivity index (χ3v) is 6.52. The van der Waals surface area contributed by atoms with E-state index in [2.05, 4.69) is 28.2 Å². The number of thiophene rings is 1. The van der Waals surface area contributed by atoms with E-state index in [1.165, 1.54) is 4.88 Å². The van der Waals surface area contributed by atoms with Gasteiger partial charge in [-0.3, -0.25) is 4.79 Å². The summed E-state index contributed by atoms with van der Waals surface area (Å²) in [6.45, 7) is 4.05. The van der Waals surface area contributed by atoms with E-state index in [0.717, 1.165) is 47.6 Å². The zero-order valence-corrected chi connectivity index (χ0v) is 16.6. The van der Waals surface area contributed by atoms with E-state index in [4.69, 9.17) is 11.6 Å². The van der Waals surface area contributed by atoms with Crippen LogP contribution in [0.15, 0.2) is 36.4 Å². The van der Waals surface area contributed by atoms with Gasteiger partial charge in [0.1, 0.15) is 0 Å². The number of para-hydroxylation sites is 2. The molecule has 0 bridgehead atoms. The van der Waals surface area contributed by atoms with Gasteiger partial charge in [-0.15, -0.1) is 23.1 Å². The maximum Gasteiger partial charge on any atom is 0.234 e. The monoisotopic (exact) mass is 395 g/mol. The van der Waals surface area contributed by atoms with Crippen molar-refractivity contribution in [3.63, 3.8) is 0 Å². The van der Waals surface area contributed by atoms with Crippen molar-refractivity contribution in [1.82, 2.24) is 4.90 Å². The van der Waals surface area contributed by atoms with Crippen LogP contribution in [0.2, 0.25) is 4.34 Å². The number of nitrogens with one attached hydrogen (secondary N) is 1. The summed E-state index contributed by atoms with van der Waals surface area (Å²) in [5, 5.41) is 3.07. The molecule has 7 heteroatoms. The van der Waals surface area contributed by atoms with E-state index in [1.54, 1.807) is 23.1 Å². The number of halogens is 1. The lowest BCUT2D eigenvalue weighted by atomic mass is 10.2. The summed E-state index contributed by atoms with van der Waals surface area (Å²) in [6.07, 6.45) is 0. The number of rotatable bonds is 6. The fraction of sp³-hybridized carbons (Fsp3) is 0.389. The molecule has 2 heterocycles. The molecule has 1 aliphatic heterocycles. The molecule has 1 aromatic carbocycles. The molecule has 0 spiro atoms. The van der Waals surface area contributed by atoms with Crippen LogP contribution in [0.1, 0.15) is 4.88 Å². The van der Waals surface area contributed by atoms with Gasteiger partial charge < -0.3 is 15.1 Å². The highest BCUT2D eigenvalue weighted by Gasteiger charge is 2.17. The lowest BCUT2D eigenvalue weighted by molar-refractivity contribution is -0.113. The average molecular weight is 396 g/mol. The largest absolute Gasteiger partial charge is 0.367 e. The van der Waals surface area contributed by atoms with E-state index in [-0.39, 0.29) is 5.91 Å². The van der Waals surface area contributed by atoms with Crippen LogP contribution in [0.25, 0.3) is 0 Å². The van der Waals surface area contributed by atoms with Gasteiger partial charge >= 0.3 is 0 Å². The van der Waals surface area contributed by atoms with Crippen molar-refractivity contribution in [2.45, 2.75) is 5.75 Å². The van der Waals surface area contributed by atoms with Crippen molar-refractivity contribution >= 4 is 52.0 Å². The minimum atomic E-state index is 0.0363. The first-order valence-corrected chi connectivity index (χ1v) is 10.6. The van der Waals surface area contributed by atoms with Gasteiger partial charge in [-0.1, -0.05) is 23.7 Å². The normalized spacial score (nSPS) is 15.4. The molecule has 2 aromatic rings. The first-order valence-electron chi connectivity index (χ1n) is 8.26. The number of anilines is 2. The van der Waals surface area contributed by atoms with E-state index in [1.807, 2.05) is 30.3 Å². The molecule has 1 N–H and O–H groups in total. The third-order valence-electron chi connectivity index (χ3n) is 4.13. The standard InChI is InChI=1S/C18H22ClN3OS2/c1-21-8-10-22(11-9-21)16-5-3-2-4-15(16)20-18(23)13-24-12-14-6-7-17(19)25-14/h2-7H,8-13H2,1H3,(H,20,23). The number of carbonyl (C=O) groups excluding carboxylic acids is 1. The molecule has 25 heavy (non-hydrogen) atoms. The van der Waals surface area contributed by atoms with Crippen molar-refractivity contribution in [3.8, 4) is 0 Å². The highest BCUT2D eigenvalue weighted by molar-refractivity contribution is 7.99. The topological polar surface area (TPSA) is 35.6 Å². The van der Waals surface area contributed by atoms with Gasteiger partial charge in [0, 0.05) is 36.8 Å². The smallest absolute Gasteiger partial charge is 0.234 e. The number of thioether (sulfide) groups is 1. The third kappa shape index (κ3) is 5.38. The molecule has 134 valence electrons. The minimum absolute atomic E-state index is 0.0363. The molecule has 4 nitrogen and oxygen atoms in total. The molecule has 0 atom stereocenters. The van der Waals surface area contributed by atoms with Gasteiger partial charge in [0.05, 0.1) is 21.5 Å². The molecule has 0 radical (unpaired) electrons. The highest BCUT2D eigenvalue weighted by atomic mass is 35.5. The van der Waals surface area contributed by atoms with Crippen molar-refractivity contribution < 1.29 is 4.79 Å². The SMILES string of the molecule is CN1CCN(c2ccccc2NC(=O)CSCc2ccc(Cl)s2)CC1. The van der Waals surface area contributed by atoms with Crippen LogP contribution >= 0.6 is 34.7 Å². The van der Waals surface area contributed by atoms with Crippen LogP contribution in [0, 0.1) is 0 Å². The van der Waals surface area contributed by atoms with Gasteiger partial charge in [-0.2, -0.15) is 0 Å². The second-order valence-electron chi connectivity index (χ2n) is 6.05. The average Bonchev–Trinajstić information content (AvgIpc) is 3.01. The van der Waals surface area contributed by atoms with E-state index >= 15 is 0 Å². The summed E-state index contributed by atoms with van der Waals surface area (Å²) < 4.78 is 0.793. The lowest BCUT2D eigenvalue weighted by Gasteiger charge is -2.35. The number of amides is 1. The Bertz CT molecular complexity index is 714. The van der Waals surface area contributed by atoms with Crippen LogP contribution in [-0.4, -0.2) is 49.8 Å². The van der Waals surface area contributed by atoms with Crippen LogP contribution in [0.3, 0.4) is 0 Å². The number of hydrogen-bond acceptors (Lipinski definition) is 5. The maximum absolute atomic E-state index is 12.3. The number of benzene rings is 1. The summed E-state index contributed by atoms with van der Waals surface area (Å²) in [6, 6.07) is 12.0. The Hall–Kier alpha value is -1.21. The Kier molecular flexibility index (Phi) is 6.64. The number of hydrogen-bond donors (Lipinski definition) is 1. The zero-order valence-electron chi connectivity index (χ0n) is 14.2. The summed E-state index contributed by atoms with van der Waals surface area (Å²) in [5.74, 6) is 1.28. The number of piperazine rings is 1. The molecule has 0 aliphatic carbocycles. The van der Waals surface area contributed by atoms with Crippen molar-refractivity contribution in [2.24, 2.45) is 0 Å². The van der Waals surface area contributed by atoms with Gasteiger partial charge in [-0.25, -0.2) is 0 Å². The first-order chi connectivity index (χ1) is 12.1. The number of carbonyl (C=O) groups is 1. The molecule has 1 amide bonds. The van der Waals surface area contributed by atoms with E-state index in [0.29, 0.717) is 5.75 Å². The van der Waals surface area contributed by atoms with Gasteiger partial charge in [0.15, 0.2) is 0 Å². The Balaban J connectivity index is 1.54. The molecule has 0 unspecified atom stereocenters. The van der Waals surface area contributed by atoms with Crippen LogP contribution < -0.4 is 10.2 Å². The summed E-state index contributed by atoms with van der Waals surface area (Å²) in [5.41, 5.74) is 2.01. The number of nitrogens with zero attached hydrogens (tertiary/aromatic N) is 2. The molecule has 3 rings (SSSR count). The highest BCUT2D eigenvalue weighted by Crippen LogP contribution is 2.28. The molecule has 1 saturated heterocycles. The van der Waals surface area contributed by atoms with Crippen molar-refractivity contribution in [2.75, 3.05) is 49.2 Å². The Morgan fingerprint density at radius 1 is 1.20 bits per heavy atom. The number of likely N-dealkylation sites (N-methyl/N-ethyl adjacent to an activating group) is 1. The van der Waals surface area contributed by atoms with E-state index in [9.17, 15) is 4.79 Å². The second kappa shape index (κ2) is 8.94. The zero-order chi connectivity index (χ0) is 17.6. The second-order valence-corrected chi connectivity index (χ2v) is 8.84. The Morgan fingerprint density at radius 3 is 2.68 bits per heavy atom. The minimum Gasteiger partial charge on any atom is -0.367 e. The maximum atomic E-state index is 12.3. The summed E-state index contributed by atoms with van der Waals surface area (Å²) >= 11 is 9.11. The molecule has 1 aliphatic rings. The van der Waals surface area contributed by atoms with Gasteiger partial charge in [-0.05, 0) is 31.3 Å². The Labute approximate surface area is 162 Å². The van der Waals surface area contributed by atoms with Crippen molar-refractivity contribution in [1.29, 1.82) is 0 Å². The molecular weight excluding hydrogens is 374 g/mol. The van der Waals surface area contributed by atoms with Gasteiger partial charge in [0.25, 0.3) is 0 Å². The van der Waals surface area contributed by atoms with Crippen LogP contribution in [-0.2, 0) is 10.5 Å². The first kappa shape index (κ1) is 18.6. The van der Waals surface area contributed by atoms with Crippen molar-refractivity contribution in [3.05, 3.63) is 45.6 Å². The lowest BCUT2D eigenvalue weighted by Crippen LogP contribution is -2.44. The molecule has 1 aromatic heterocycles. The molecule has 0 saturated carbocycles. The fourth-order valence-electron chi connectivity index (χ4n) is 2.76. The van der Waals surface area contributed by atoms with Crippen LogP contribution in [0.4, 0.5) is 11.4 Å². The predicted molar refractivity (Wildman–Crippen MR) is 110 cm³/mol. The summed E-state index contributed by atoms with van der Waals surface area (Å²) in [4.78, 5) is 18.2. The molecular formula is C18H22ClN3OS2. The molecule has 1 fully saturated rings. The van der Waals surface area contributed by atoms with Crippen LogP contribution in [0.5, 0.6) is 0 Å².